The molecule has 0 spiro atoms. The SMILES string of the molecule is CCOc1ccc2c(c1)OC(O)(c1ccccc1)CC2=O. The molecular formula is C17H16O4. The van der Waals surface area contributed by atoms with Gasteiger partial charge < -0.3 is 14.6 Å². The zero-order chi connectivity index (χ0) is 14.9. The van der Waals surface area contributed by atoms with Crippen molar-refractivity contribution < 1.29 is 19.4 Å². The monoisotopic (exact) mass is 284 g/mol. The molecule has 0 fully saturated rings. The number of Topliss-reactive ketones (excluding diaryl/α,β-unsaturated/α-hetero) is 1. The summed E-state index contributed by atoms with van der Waals surface area (Å²) < 4.78 is 11.1. The fraction of sp³-hybridized carbons (Fsp3) is 0.235. The Kier molecular flexibility index (Phi) is 3.39. The van der Waals surface area contributed by atoms with E-state index in [0.29, 0.717) is 29.2 Å². The van der Waals surface area contributed by atoms with Crippen LogP contribution in [0.2, 0.25) is 0 Å². The lowest BCUT2D eigenvalue weighted by atomic mass is 9.93. The van der Waals surface area contributed by atoms with Gasteiger partial charge in [-0.1, -0.05) is 30.3 Å². The Labute approximate surface area is 122 Å². The lowest BCUT2D eigenvalue weighted by molar-refractivity contribution is -0.147. The molecule has 0 bridgehead atoms. The minimum Gasteiger partial charge on any atom is -0.494 e. The Morgan fingerprint density at radius 3 is 2.71 bits per heavy atom. The zero-order valence-electron chi connectivity index (χ0n) is 11.7. The highest BCUT2D eigenvalue weighted by Gasteiger charge is 2.40. The van der Waals surface area contributed by atoms with E-state index < -0.39 is 5.79 Å². The first kappa shape index (κ1) is 13.6. The second kappa shape index (κ2) is 5.22. The maximum Gasteiger partial charge on any atom is 0.242 e. The van der Waals surface area contributed by atoms with Gasteiger partial charge in [-0.25, -0.2) is 0 Å². The number of ketones is 1. The van der Waals surface area contributed by atoms with Crippen LogP contribution in [0, 0.1) is 0 Å². The average Bonchev–Trinajstić information content (AvgIpc) is 2.48. The van der Waals surface area contributed by atoms with Crippen molar-refractivity contribution in [3.8, 4) is 11.5 Å². The van der Waals surface area contributed by atoms with Crippen LogP contribution in [0.25, 0.3) is 0 Å². The molecule has 1 N–H and O–H groups in total. The molecule has 1 aliphatic heterocycles. The van der Waals surface area contributed by atoms with Gasteiger partial charge in [-0.3, -0.25) is 4.79 Å². The van der Waals surface area contributed by atoms with E-state index in [1.54, 1.807) is 42.5 Å². The summed E-state index contributed by atoms with van der Waals surface area (Å²) in [5.74, 6) is -0.813. The van der Waals surface area contributed by atoms with Gasteiger partial charge in [0, 0.05) is 11.6 Å². The lowest BCUT2D eigenvalue weighted by Gasteiger charge is -2.33. The van der Waals surface area contributed by atoms with E-state index in [0.717, 1.165) is 0 Å². The molecule has 1 unspecified atom stereocenters. The maximum absolute atomic E-state index is 12.3. The zero-order valence-corrected chi connectivity index (χ0v) is 11.7. The van der Waals surface area contributed by atoms with E-state index in [1.165, 1.54) is 0 Å². The number of ether oxygens (including phenoxy) is 2. The molecule has 0 aliphatic carbocycles. The molecule has 2 aromatic rings. The number of benzene rings is 2. The van der Waals surface area contributed by atoms with Crippen LogP contribution in [0.4, 0.5) is 0 Å². The number of aliphatic hydroxyl groups is 1. The van der Waals surface area contributed by atoms with Crippen LogP contribution in [0.15, 0.2) is 48.5 Å². The molecule has 0 amide bonds. The van der Waals surface area contributed by atoms with Gasteiger partial charge in [-0.15, -0.1) is 0 Å². The molecule has 0 saturated carbocycles. The average molecular weight is 284 g/mol. The van der Waals surface area contributed by atoms with Crippen LogP contribution in [0.3, 0.4) is 0 Å². The van der Waals surface area contributed by atoms with E-state index in [2.05, 4.69) is 0 Å². The highest BCUT2D eigenvalue weighted by atomic mass is 16.6. The van der Waals surface area contributed by atoms with Gasteiger partial charge in [0.1, 0.15) is 11.5 Å². The molecule has 21 heavy (non-hydrogen) atoms. The van der Waals surface area contributed by atoms with E-state index >= 15 is 0 Å². The molecule has 1 atom stereocenters. The summed E-state index contributed by atoms with van der Waals surface area (Å²) in [5, 5.41) is 10.7. The summed E-state index contributed by atoms with van der Waals surface area (Å²) in [7, 11) is 0. The second-order valence-electron chi connectivity index (χ2n) is 4.94. The first-order valence-corrected chi connectivity index (χ1v) is 6.89. The summed E-state index contributed by atoms with van der Waals surface area (Å²) in [4.78, 5) is 12.3. The van der Waals surface area contributed by atoms with Gasteiger partial charge in [0.25, 0.3) is 0 Å². The van der Waals surface area contributed by atoms with Crippen molar-refractivity contribution in [2.24, 2.45) is 0 Å². The molecule has 4 heteroatoms. The van der Waals surface area contributed by atoms with Crippen molar-refractivity contribution in [3.05, 3.63) is 59.7 Å². The Morgan fingerprint density at radius 1 is 1.24 bits per heavy atom. The number of hydrogen-bond acceptors (Lipinski definition) is 4. The van der Waals surface area contributed by atoms with Crippen molar-refractivity contribution in [2.75, 3.05) is 6.61 Å². The molecule has 1 aliphatic rings. The molecule has 0 saturated heterocycles. The first-order valence-electron chi connectivity index (χ1n) is 6.89. The third-order valence-corrected chi connectivity index (χ3v) is 3.47. The van der Waals surface area contributed by atoms with Crippen molar-refractivity contribution in [2.45, 2.75) is 19.1 Å². The largest absolute Gasteiger partial charge is 0.494 e. The third kappa shape index (κ3) is 2.50. The predicted molar refractivity (Wildman–Crippen MR) is 77.5 cm³/mol. The van der Waals surface area contributed by atoms with Crippen molar-refractivity contribution >= 4 is 5.78 Å². The quantitative estimate of drug-likeness (QED) is 0.941. The molecular weight excluding hydrogens is 268 g/mol. The van der Waals surface area contributed by atoms with E-state index in [-0.39, 0.29) is 12.2 Å². The summed E-state index contributed by atoms with van der Waals surface area (Å²) in [6, 6.07) is 14.0. The number of fused-ring (bicyclic) bond motifs is 1. The van der Waals surface area contributed by atoms with Crippen molar-refractivity contribution in [3.63, 3.8) is 0 Å². The highest BCUT2D eigenvalue weighted by Crippen LogP contribution is 2.39. The maximum atomic E-state index is 12.3. The lowest BCUT2D eigenvalue weighted by Crippen LogP contribution is -2.39. The van der Waals surface area contributed by atoms with E-state index in [4.69, 9.17) is 9.47 Å². The Bertz CT molecular complexity index is 666. The number of carbonyl (C=O) groups excluding carboxylic acids is 1. The highest BCUT2D eigenvalue weighted by molar-refractivity contribution is 6.00. The first-order chi connectivity index (χ1) is 10.1. The summed E-state index contributed by atoms with van der Waals surface area (Å²) in [6.45, 7) is 2.40. The Balaban J connectivity index is 2.00. The smallest absolute Gasteiger partial charge is 0.242 e. The summed E-state index contributed by atoms with van der Waals surface area (Å²) >= 11 is 0. The van der Waals surface area contributed by atoms with Crippen molar-refractivity contribution in [1.29, 1.82) is 0 Å². The van der Waals surface area contributed by atoms with E-state index in [1.807, 2.05) is 13.0 Å². The van der Waals surface area contributed by atoms with Crippen LogP contribution in [0.5, 0.6) is 11.5 Å². The van der Waals surface area contributed by atoms with Crippen molar-refractivity contribution in [1.82, 2.24) is 0 Å². The standard InChI is InChI=1S/C17H16O4/c1-2-20-13-8-9-14-15(18)11-17(19,21-16(14)10-13)12-6-4-3-5-7-12/h3-10,19H,2,11H2,1H3. The Morgan fingerprint density at radius 2 is 2.00 bits per heavy atom. The molecule has 1 heterocycles. The number of rotatable bonds is 3. The molecule has 2 aromatic carbocycles. The molecule has 3 rings (SSSR count). The van der Waals surface area contributed by atoms with Gasteiger partial charge in [0.15, 0.2) is 5.78 Å². The second-order valence-corrected chi connectivity index (χ2v) is 4.94. The van der Waals surface area contributed by atoms with Crippen LogP contribution >= 0.6 is 0 Å². The van der Waals surface area contributed by atoms with Crippen LogP contribution in [-0.4, -0.2) is 17.5 Å². The minimum atomic E-state index is -1.63. The molecule has 108 valence electrons. The minimum absolute atomic E-state index is 0.0992. The van der Waals surface area contributed by atoms with E-state index in [9.17, 15) is 9.90 Å². The van der Waals surface area contributed by atoms with Crippen LogP contribution in [-0.2, 0) is 5.79 Å². The molecule has 4 nitrogen and oxygen atoms in total. The summed E-state index contributed by atoms with van der Waals surface area (Å²) in [5.41, 5.74) is 1.03. The fourth-order valence-corrected chi connectivity index (χ4v) is 2.46. The van der Waals surface area contributed by atoms with Crippen LogP contribution < -0.4 is 9.47 Å². The van der Waals surface area contributed by atoms with Gasteiger partial charge in [-0.05, 0) is 19.1 Å². The van der Waals surface area contributed by atoms with Gasteiger partial charge in [-0.2, -0.15) is 0 Å². The number of carbonyl (C=O) groups is 1. The van der Waals surface area contributed by atoms with Gasteiger partial charge >= 0.3 is 0 Å². The predicted octanol–water partition coefficient (Wildman–Crippen LogP) is 2.90. The topological polar surface area (TPSA) is 55.8 Å². The number of hydrogen-bond donors (Lipinski definition) is 1. The third-order valence-electron chi connectivity index (χ3n) is 3.47. The van der Waals surface area contributed by atoms with Gasteiger partial charge in [0.2, 0.25) is 5.79 Å². The fourth-order valence-electron chi connectivity index (χ4n) is 2.46. The summed E-state index contributed by atoms with van der Waals surface area (Å²) in [6.07, 6.45) is -0.0992. The molecule has 0 aromatic heterocycles. The molecule has 0 radical (unpaired) electrons. The Hall–Kier alpha value is -2.33. The van der Waals surface area contributed by atoms with Crippen LogP contribution in [0.1, 0.15) is 29.3 Å². The normalized spacial score (nSPS) is 20.6. The van der Waals surface area contributed by atoms with Gasteiger partial charge in [0.05, 0.1) is 18.6 Å².